The lowest BCUT2D eigenvalue weighted by atomic mass is 10.1. The van der Waals surface area contributed by atoms with Gasteiger partial charge in [-0.1, -0.05) is 19.4 Å². The molecule has 0 heterocycles. The van der Waals surface area contributed by atoms with Crippen LogP contribution in [0.5, 0.6) is 0 Å². The molecule has 0 saturated heterocycles. The molecular formula is C13H18O2S. The minimum atomic E-state index is -0.255. The molecule has 88 valence electrons. The average molecular weight is 238 g/mol. The Kier molecular flexibility index (Phi) is 4.87. The van der Waals surface area contributed by atoms with Gasteiger partial charge in [0.1, 0.15) is 0 Å². The van der Waals surface area contributed by atoms with E-state index in [9.17, 15) is 4.79 Å². The summed E-state index contributed by atoms with van der Waals surface area (Å²) >= 11 is 4.22. The summed E-state index contributed by atoms with van der Waals surface area (Å²) in [6.07, 6.45) is 1.88. The van der Waals surface area contributed by atoms with Crippen molar-refractivity contribution in [1.82, 2.24) is 0 Å². The Labute approximate surface area is 102 Å². The normalized spacial score (nSPS) is 12.2. The molecule has 0 spiro atoms. The lowest BCUT2D eigenvalue weighted by Gasteiger charge is -2.13. The SMILES string of the molecule is CCCC(C)OC(=O)c1cc(S)ccc1C. The van der Waals surface area contributed by atoms with E-state index in [1.54, 1.807) is 6.07 Å². The van der Waals surface area contributed by atoms with Crippen LogP contribution in [-0.2, 0) is 4.74 Å². The minimum Gasteiger partial charge on any atom is -0.459 e. The first-order chi connectivity index (χ1) is 7.54. The predicted molar refractivity (Wildman–Crippen MR) is 68.2 cm³/mol. The van der Waals surface area contributed by atoms with Crippen LogP contribution >= 0.6 is 12.6 Å². The van der Waals surface area contributed by atoms with Crippen molar-refractivity contribution in [1.29, 1.82) is 0 Å². The number of benzene rings is 1. The van der Waals surface area contributed by atoms with Gasteiger partial charge in [-0.25, -0.2) is 4.79 Å². The zero-order valence-electron chi connectivity index (χ0n) is 9.99. The third-order valence-electron chi connectivity index (χ3n) is 2.44. The summed E-state index contributed by atoms with van der Waals surface area (Å²) in [6.45, 7) is 5.89. The third kappa shape index (κ3) is 3.56. The van der Waals surface area contributed by atoms with Crippen LogP contribution in [0, 0.1) is 6.92 Å². The number of rotatable bonds is 4. The molecule has 0 fully saturated rings. The Morgan fingerprint density at radius 3 is 2.81 bits per heavy atom. The predicted octanol–water partition coefficient (Wildman–Crippen LogP) is 3.63. The summed E-state index contributed by atoms with van der Waals surface area (Å²) in [6, 6.07) is 5.49. The molecule has 2 nitrogen and oxygen atoms in total. The second-order valence-electron chi connectivity index (χ2n) is 4.00. The molecule has 0 aliphatic carbocycles. The van der Waals surface area contributed by atoms with Crippen molar-refractivity contribution >= 4 is 18.6 Å². The monoisotopic (exact) mass is 238 g/mol. The molecule has 0 aliphatic rings. The van der Waals surface area contributed by atoms with Crippen LogP contribution in [0.3, 0.4) is 0 Å². The molecule has 1 aromatic rings. The smallest absolute Gasteiger partial charge is 0.338 e. The molecule has 0 amide bonds. The number of hydrogen-bond donors (Lipinski definition) is 1. The van der Waals surface area contributed by atoms with Gasteiger partial charge in [0.15, 0.2) is 0 Å². The first kappa shape index (κ1) is 13.1. The van der Waals surface area contributed by atoms with Crippen LogP contribution in [0.1, 0.15) is 42.6 Å². The second kappa shape index (κ2) is 5.94. The fourth-order valence-corrected chi connectivity index (χ4v) is 1.75. The Bertz CT molecular complexity index is 374. The third-order valence-corrected chi connectivity index (χ3v) is 2.72. The highest BCUT2D eigenvalue weighted by Gasteiger charge is 2.13. The first-order valence-electron chi connectivity index (χ1n) is 5.55. The van der Waals surface area contributed by atoms with Crippen molar-refractivity contribution in [3.8, 4) is 0 Å². The van der Waals surface area contributed by atoms with Gasteiger partial charge in [-0.2, -0.15) is 0 Å². The average Bonchev–Trinajstić information content (AvgIpc) is 2.21. The highest BCUT2D eigenvalue weighted by Crippen LogP contribution is 2.16. The lowest BCUT2D eigenvalue weighted by molar-refractivity contribution is 0.0322. The second-order valence-corrected chi connectivity index (χ2v) is 4.52. The van der Waals surface area contributed by atoms with Crippen molar-refractivity contribution < 1.29 is 9.53 Å². The van der Waals surface area contributed by atoms with Crippen LogP contribution in [0.4, 0.5) is 0 Å². The minimum absolute atomic E-state index is 0.0273. The summed E-state index contributed by atoms with van der Waals surface area (Å²) in [5, 5.41) is 0. The molecule has 0 N–H and O–H groups in total. The van der Waals surface area contributed by atoms with E-state index in [1.165, 1.54) is 0 Å². The number of hydrogen-bond acceptors (Lipinski definition) is 3. The maximum absolute atomic E-state index is 11.8. The van der Waals surface area contributed by atoms with Crippen LogP contribution in [-0.4, -0.2) is 12.1 Å². The van der Waals surface area contributed by atoms with E-state index in [0.29, 0.717) is 5.56 Å². The van der Waals surface area contributed by atoms with E-state index in [-0.39, 0.29) is 12.1 Å². The number of carbonyl (C=O) groups excluding carboxylic acids is 1. The molecule has 1 atom stereocenters. The maximum Gasteiger partial charge on any atom is 0.338 e. The molecule has 16 heavy (non-hydrogen) atoms. The molecule has 1 aromatic carbocycles. The Hall–Kier alpha value is -0.960. The van der Waals surface area contributed by atoms with Gasteiger partial charge in [-0.15, -0.1) is 12.6 Å². The molecule has 3 heteroatoms. The lowest BCUT2D eigenvalue weighted by Crippen LogP contribution is -2.15. The van der Waals surface area contributed by atoms with Gasteiger partial charge in [-0.3, -0.25) is 0 Å². The summed E-state index contributed by atoms with van der Waals surface area (Å²) in [5.74, 6) is -0.255. The van der Waals surface area contributed by atoms with Gasteiger partial charge in [0, 0.05) is 4.90 Å². The first-order valence-corrected chi connectivity index (χ1v) is 6.00. The van der Waals surface area contributed by atoms with Crippen molar-refractivity contribution in [2.75, 3.05) is 0 Å². The van der Waals surface area contributed by atoms with Crippen LogP contribution < -0.4 is 0 Å². The molecule has 0 radical (unpaired) electrons. The fraction of sp³-hybridized carbons (Fsp3) is 0.462. The van der Waals surface area contributed by atoms with E-state index in [2.05, 4.69) is 19.6 Å². The van der Waals surface area contributed by atoms with Gasteiger partial charge >= 0.3 is 5.97 Å². The van der Waals surface area contributed by atoms with Gasteiger partial charge in [0.05, 0.1) is 11.7 Å². The van der Waals surface area contributed by atoms with Gasteiger partial charge in [-0.05, 0) is 38.0 Å². The number of carbonyl (C=O) groups is 1. The summed E-state index contributed by atoms with van der Waals surface area (Å²) in [4.78, 5) is 12.6. The topological polar surface area (TPSA) is 26.3 Å². The number of ether oxygens (including phenoxy) is 1. The number of thiol groups is 1. The van der Waals surface area contributed by atoms with Crippen molar-refractivity contribution in [2.45, 2.75) is 44.6 Å². The molecule has 0 saturated carbocycles. The quantitative estimate of drug-likeness (QED) is 0.640. The van der Waals surface area contributed by atoms with E-state index in [4.69, 9.17) is 4.74 Å². The standard InChI is InChI=1S/C13H18O2S/c1-4-5-10(3)15-13(14)12-8-11(16)7-6-9(12)2/h6-8,10,16H,4-5H2,1-3H3. The van der Waals surface area contributed by atoms with Gasteiger partial charge < -0.3 is 4.74 Å². The van der Waals surface area contributed by atoms with Crippen LogP contribution in [0.25, 0.3) is 0 Å². The largest absolute Gasteiger partial charge is 0.459 e. The maximum atomic E-state index is 11.8. The molecular weight excluding hydrogens is 220 g/mol. The van der Waals surface area contributed by atoms with Crippen molar-refractivity contribution in [3.63, 3.8) is 0 Å². The zero-order valence-corrected chi connectivity index (χ0v) is 10.9. The fourth-order valence-electron chi connectivity index (χ4n) is 1.54. The van der Waals surface area contributed by atoms with E-state index in [1.807, 2.05) is 26.0 Å². The molecule has 1 unspecified atom stereocenters. The molecule has 0 aliphatic heterocycles. The van der Waals surface area contributed by atoms with Gasteiger partial charge in [0.2, 0.25) is 0 Å². The van der Waals surface area contributed by atoms with Crippen LogP contribution in [0.15, 0.2) is 23.1 Å². The van der Waals surface area contributed by atoms with E-state index >= 15 is 0 Å². The Morgan fingerprint density at radius 2 is 2.19 bits per heavy atom. The highest BCUT2D eigenvalue weighted by molar-refractivity contribution is 7.80. The Morgan fingerprint density at radius 1 is 1.50 bits per heavy atom. The summed E-state index contributed by atoms with van der Waals surface area (Å²) in [5.41, 5.74) is 1.53. The molecule has 0 bridgehead atoms. The van der Waals surface area contributed by atoms with Gasteiger partial charge in [0.25, 0.3) is 0 Å². The number of esters is 1. The Balaban J connectivity index is 2.76. The summed E-state index contributed by atoms with van der Waals surface area (Å²) in [7, 11) is 0. The number of aryl methyl sites for hydroxylation is 1. The van der Waals surface area contributed by atoms with E-state index in [0.717, 1.165) is 23.3 Å². The molecule has 0 aromatic heterocycles. The summed E-state index contributed by atoms with van der Waals surface area (Å²) < 4.78 is 5.34. The van der Waals surface area contributed by atoms with Crippen molar-refractivity contribution in [3.05, 3.63) is 29.3 Å². The van der Waals surface area contributed by atoms with E-state index < -0.39 is 0 Å². The molecule has 1 rings (SSSR count). The van der Waals surface area contributed by atoms with Crippen LogP contribution in [0.2, 0.25) is 0 Å². The zero-order chi connectivity index (χ0) is 12.1. The van der Waals surface area contributed by atoms with Crippen molar-refractivity contribution in [2.24, 2.45) is 0 Å². The highest BCUT2D eigenvalue weighted by atomic mass is 32.1.